The van der Waals surface area contributed by atoms with Crippen molar-refractivity contribution in [2.75, 3.05) is 5.32 Å². The van der Waals surface area contributed by atoms with E-state index in [4.69, 9.17) is 0 Å². The van der Waals surface area contributed by atoms with Crippen LogP contribution in [0.25, 0.3) is 16.9 Å². The number of hydrogen-bond donors (Lipinski definition) is 2. The SMILES string of the molecule is O=C(N/N=C\c1cn(-c2ccccc2)nc1-c1ccc(F)cc1)C(=O)Nc1ccc(F)cc1. The molecule has 33 heavy (non-hydrogen) atoms. The Balaban J connectivity index is 1.52. The molecule has 0 aliphatic rings. The van der Waals surface area contributed by atoms with Crippen molar-refractivity contribution in [3.8, 4) is 16.9 Å². The van der Waals surface area contributed by atoms with E-state index in [2.05, 4.69) is 20.9 Å². The number of halogens is 2. The zero-order valence-electron chi connectivity index (χ0n) is 17.1. The van der Waals surface area contributed by atoms with Gasteiger partial charge in [-0.3, -0.25) is 9.59 Å². The molecule has 4 aromatic rings. The molecule has 0 spiro atoms. The van der Waals surface area contributed by atoms with Crippen molar-refractivity contribution in [2.24, 2.45) is 5.10 Å². The van der Waals surface area contributed by atoms with E-state index in [1.807, 2.05) is 30.3 Å². The fraction of sp³-hybridized carbons (Fsp3) is 0. The van der Waals surface area contributed by atoms with Crippen molar-refractivity contribution in [3.05, 3.63) is 102 Å². The van der Waals surface area contributed by atoms with E-state index in [0.717, 1.165) is 17.8 Å². The number of hydrazone groups is 1. The largest absolute Gasteiger partial charge is 0.329 e. The van der Waals surface area contributed by atoms with Gasteiger partial charge < -0.3 is 5.32 Å². The van der Waals surface area contributed by atoms with Crippen LogP contribution in [0.1, 0.15) is 5.56 Å². The molecule has 1 heterocycles. The minimum atomic E-state index is -1.01. The first-order valence-electron chi connectivity index (χ1n) is 9.80. The number of para-hydroxylation sites is 1. The number of aromatic nitrogens is 2. The summed E-state index contributed by atoms with van der Waals surface area (Å²) in [4.78, 5) is 24.1. The van der Waals surface area contributed by atoms with E-state index in [-0.39, 0.29) is 11.5 Å². The Morgan fingerprint density at radius 2 is 1.48 bits per heavy atom. The van der Waals surface area contributed by atoms with Gasteiger partial charge in [0.1, 0.15) is 17.3 Å². The molecule has 7 nitrogen and oxygen atoms in total. The van der Waals surface area contributed by atoms with Gasteiger partial charge in [0.15, 0.2) is 0 Å². The summed E-state index contributed by atoms with van der Waals surface area (Å²) in [5.74, 6) is -2.81. The van der Waals surface area contributed by atoms with Crippen LogP contribution in [0, 0.1) is 11.6 Å². The Hall–Kier alpha value is -4.66. The van der Waals surface area contributed by atoms with Gasteiger partial charge in [0.05, 0.1) is 11.9 Å². The molecule has 0 fully saturated rings. The highest BCUT2D eigenvalue weighted by Gasteiger charge is 2.14. The maximum atomic E-state index is 13.4. The van der Waals surface area contributed by atoms with E-state index in [9.17, 15) is 18.4 Å². The van der Waals surface area contributed by atoms with Gasteiger partial charge in [-0.1, -0.05) is 18.2 Å². The summed E-state index contributed by atoms with van der Waals surface area (Å²) in [6, 6.07) is 20.1. The molecule has 164 valence electrons. The predicted octanol–water partition coefficient (Wildman–Crippen LogP) is 3.91. The van der Waals surface area contributed by atoms with Crippen molar-refractivity contribution in [2.45, 2.75) is 0 Å². The number of amides is 2. The monoisotopic (exact) mass is 445 g/mol. The average molecular weight is 445 g/mol. The summed E-state index contributed by atoms with van der Waals surface area (Å²) < 4.78 is 27.9. The van der Waals surface area contributed by atoms with E-state index >= 15 is 0 Å². The molecule has 4 rings (SSSR count). The van der Waals surface area contributed by atoms with Crippen molar-refractivity contribution >= 4 is 23.7 Å². The Morgan fingerprint density at radius 1 is 0.848 bits per heavy atom. The Kier molecular flexibility index (Phi) is 6.31. The zero-order valence-corrected chi connectivity index (χ0v) is 17.1. The second-order valence-electron chi connectivity index (χ2n) is 6.88. The first-order chi connectivity index (χ1) is 16.0. The molecular formula is C24H17F2N5O2. The molecule has 1 aromatic heterocycles. The molecule has 0 saturated carbocycles. The topological polar surface area (TPSA) is 88.4 Å². The summed E-state index contributed by atoms with van der Waals surface area (Å²) >= 11 is 0. The van der Waals surface area contributed by atoms with Crippen molar-refractivity contribution in [1.29, 1.82) is 0 Å². The van der Waals surface area contributed by atoms with Crippen LogP contribution in [0.2, 0.25) is 0 Å². The van der Waals surface area contributed by atoms with Crippen LogP contribution >= 0.6 is 0 Å². The second-order valence-corrected chi connectivity index (χ2v) is 6.88. The van der Waals surface area contributed by atoms with E-state index in [1.165, 1.54) is 30.5 Å². The minimum absolute atomic E-state index is 0.267. The normalized spacial score (nSPS) is 10.8. The van der Waals surface area contributed by atoms with Gasteiger partial charge in [-0.15, -0.1) is 0 Å². The molecule has 0 saturated heterocycles. The van der Waals surface area contributed by atoms with Gasteiger partial charge in [0, 0.05) is 23.0 Å². The van der Waals surface area contributed by atoms with Crippen LogP contribution in [0.15, 0.2) is 90.2 Å². The zero-order chi connectivity index (χ0) is 23.2. The first-order valence-corrected chi connectivity index (χ1v) is 9.80. The molecular weight excluding hydrogens is 428 g/mol. The minimum Gasteiger partial charge on any atom is -0.318 e. The number of carbonyl (C=O) groups excluding carboxylic acids is 2. The molecule has 9 heteroatoms. The lowest BCUT2D eigenvalue weighted by molar-refractivity contribution is -0.136. The molecule has 2 amide bonds. The standard InChI is InChI=1S/C24H17F2N5O2/c25-18-8-6-16(7-9-18)22-17(15-31(30-22)21-4-2-1-3-5-21)14-27-29-24(33)23(32)28-20-12-10-19(26)11-13-20/h1-15H,(H,28,32)(H,29,33)/b27-14-. The fourth-order valence-electron chi connectivity index (χ4n) is 2.96. The first kappa shape index (κ1) is 21.6. The van der Waals surface area contributed by atoms with E-state index in [0.29, 0.717) is 16.8 Å². The molecule has 0 aliphatic carbocycles. The molecule has 0 bridgehead atoms. The summed E-state index contributed by atoms with van der Waals surface area (Å²) in [5, 5.41) is 10.8. The Labute approximate surface area is 187 Å². The van der Waals surface area contributed by atoms with Gasteiger partial charge in [-0.05, 0) is 60.7 Å². The van der Waals surface area contributed by atoms with Crippen LogP contribution in [0.5, 0.6) is 0 Å². The van der Waals surface area contributed by atoms with E-state index < -0.39 is 17.6 Å². The number of hydrogen-bond acceptors (Lipinski definition) is 4. The number of rotatable bonds is 5. The van der Waals surface area contributed by atoms with Crippen LogP contribution in [-0.2, 0) is 9.59 Å². The second kappa shape index (κ2) is 9.65. The quantitative estimate of drug-likeness (QED) is 0.277. The van der Waals surface area contributed by atoms with Crippen molar-refractivity contribution in [1.82, 2.24) is 15.2 Å². The molecule has 2 N–H and O–H groups in total. The number of nitrogens with one attached hydrogen (secondary N) is 2. The average Bonchev–Trinajstić information content (AvgIpc) is 3.25. The summed E-state index contributed by atoms with van der Waals surface area (Å²) in [7, 11) is 0. The summed E-state index contributed by atoms with van der Waals surface area (Å²) in [5.41, 5.74) is 4.89. The lowest BCUT2D eigenvalue weighted by atomic mass is 10.1. The van der Waals surface area contributed by atoms with Crippen LogP contribution < -0.4 is 10.7 Å². The Morgan fingerprint density at radius 3 is 2.15 bits per heavy atom. The highest BCUT2D eigenvalue weighted by Crippen LogP contribution is 2.23. The number of nitrogens with zero attached hydrogens (tertiary/aromatic N) is 3. The third-order valence-electron chi connectivity index (χ3n) is 4.56. The summed E-state index contributed by atoms with van der Waals surface area (Å²) in [6.07, 6.45) is 3.04. The number of anilines is 1. The van der Waals surface area contributed by atoms with Crippen molar-refractivity contribution < 1.29 is 18.4 Å². The van der Waals surface area contributed by atoms with Crippen LogP contribution in [0.3, 0.4) is 0 Å². The maximum absolute atomic E-state index is 13.4. The van der Waals surface area contributed by atoms with Crippen molar-refractivity contribution in [3.63, 3.8) is 0 Å². The number of benzene rings is 3. The molecule has 0 aliphatic heterocycles. The lowest BCUT2D eigenvalue weighted by Crippen LogP contribution is -2.32. The van der Waals surface area contributed by atoms with Gasteiger partial charge in [0.2, 0.25) is 0 Å². The molecule has 0 atom stereocenters. The van der Waals surface area contributed by atoms with Crippen LogP contribution in [-0.4, -0.2) is 27.8 Å². The van der Waals surface area contributed by atoms with Gasteiger partial charge in [-0.2, -0.15) is 10.2 Å². The number of carbonyl (C=O) groups is 2. The molecule has 0 unspecified atom stereocenters. The molecule has 3 aromatic carbocycles. The van der Waals surface area contributed by atoms with Crippen LogP contribution in [0.4, 0.5) is 14.5 Å². The van der Waals surface area contributed by atoms with Gasteiger partial charge >= 0.3 is 11.8 Å². The summed E-state index contributed by atoms with van der Waals surface area (Å²) in [6.45, 7) is 0. The third kappa shape index (κ3) is 5.34. The maximum Gasteiger partial charge on any atom is 0.329 e. The Bertz CT molecular complexity index is 1300. The lowest BCUT2D eigenvalue weighted by Gasteiger charge is -2.03. The predicted molar refractivity (Wildman–Crippen MR) is 120 cm³/mol. The highest BCUT2D eigenvalue weighted by atomic mass is 19.1. The van der Waals surface area contributed by atoms with Gasteiger partial charge in [-0.25, -0.2) is 18.9 Å². The smallest absolute Gasteiger partial charge is 0.318 e. The molecule has 0 radical (unpaired) electrons. The third-order valence-corrected chi connectivity index (χ3v) is 4.56. The van der Waals surface area contributed by atoms with Gasteiger partial charge in [0.25, 0.3) is 0 Å². The fourth-order valence-corrected chi connectivity index (χ4v) is 2.96. The van der Waals surface area contributed by atoms with E-state index in [1.54, 1.807) is 23.0 Å². The highest BCUT2D eigenvalue weighted by molar-refractivity contribution is 6.39.